The highest BCUT2D eigenvalue weighted by atomic mass is 16.5. The number of hydrogen-bond acceptors (Lipinski definition) is 3. The molecule has 0 heterocycles. The van der Waals surface area contributed by atoms with Crippen molar-refractivity contribution in [1.82, 2.24) is 0 Å². The summed E-state index contributed by atoms with van der Waals surface area (Å²) >= 11 is 0. The van der Waals surface area contributed by atoms with Crippen LogP contribution in [0.15, 0.2) is 0 Å². The number of aliphatic carboxylic acids is 1. The fourth-order valence-electron chi connectivity index (χ4n) is 1.92. The van der Waals surface area contributed by atoms with Gasteiger partial charge in [-0.25, -0.2) is 0 Å². The predicted molar refractivity (Wildman–Crippen MR) is 48.4 cm³/mol. The van der Waals surface area contributed by atoms with E-state index in [4.69, 9.17) is 15.6 Å². The van der Waals surface area contributed by atoms with Gasteiger partial charge < -0.3 is 15.6 Å². The third kappa shape index (κ3) is 2.67. The molecule has 0 bridgehead atoms. The van der Waals surface area contributed by atoms with E-state index in [-0.39, 0.29) is 12.0 Å². The molecule has 0 aromatic heterocycles. The van der Waals surface area contributed by atoms with Crippen LogP contribution in [0.4, 0.5) is 0 Å². The Morgan fingerprint density at radius 3 is 2.85 bits per heavy atom. The Morgan fingerprint density at radius 1 is 1.62 bits per heavy atom. The minimum Gasteiger partial charge on any atom is -0.480 e. The maximum absolute atomic E-state index is 10.6. The van der Waals surface area contributed by atoms with Crippen LogP contribution >= 0.6 is 0 Å². The molecule has 13 heavy (non-hydrogen) atoms. The Bertz CT molecular complexity index is 184. The lowest BCUT2D eigenvalue weighted by Gasteiger charge is -2.30. The lowest BCUT2D eigenvalue weighted by molar-refractivity contribution is -0.140. The molecule has 3 atom stereocenters. The Morgan fingerprint density at radius 2 is 2.31 bits per heavy atom. The molecule has 4 heteroatoms. The van der Waals surface area contributed by atoms with E-state index in [2.05, 4.69) is 0 Å². The van der Waals surface area contributed by atoms with E-state index in [1.807, 2.05) is 0 Å². The van der Waals surface area contributed by atoms with Gasteiger partial charge in [-0.2, -0.15) is 0 Å². The molecule has 2 unspecified atom stereocenters. The molecule has 0 spiro atoms. The quantitative estimate of drug-likeness (QED) is 0.678. The normalized spacial score (nSPS) is 31.2. The summed E-state index contributed by atoms with van der Waals surface area (Å²) in [5, 5.41) is 8.73. The van der Waals surface area contributed by atoms with Gasteiger partial charge in [0.25, 0.3) is 0 Å². The zero-order chi connectivity index (χ0) is 9.84. The van der Waals surface area contributed by atoms with Crippen molar-refractivity contribution in [3.05, 3.63) is 0 Å². The summed E-state index contributed by atoms with van der Waals surface area (Å²) in [5.41, 5.74) is 5.55. The molecule has 0 aromatic carbocycles. The molecular formula is C9H17NO3. The average Bonchev–Trinajstić information content (AvgIpc) is 2.16. The molecular weight excluding hydrogens is 170 g/mol. The van der Waals surface area contributed by atoms with E-state index in [1.165, 1.54) is 0 Å². The molecule has 1 saturated carbocycles. The molecule has 1 aliphatic carbocycles. The summed E-state index contributed by atoms with van der Waals surface area (Å²) in [6, 6.07) is -0.724. The number of nitrogens with two attached hydrogens (primary N) is 1. The molecule has 76 valence electrons. The summed E-state index contributed by atoms with van der Waals surface area (Å²) in [5.74, 6) is -0.821. The first-order valence-corrected chi connectivity index (χ1v) is 4.66. The van der Waals surface area contributed by atoms with E-state index in [9.17, 15) is 4.79 Å². The van der Waals surface area contributed by atoms with Gasteiger partial charge in [-0.15, -0.1) is 0 Å². The lowest BCUT2D eigenvalue weighted by atomic mass is 9.82. The predicted octanol–water partition coefficient (Wildman–Crippen LogP) is 0.603. The van der Waals surface area contributed by atoms with Crippen molar-refractivity contribution in [2.24, 2.45) is 11.7 Å². The second-order valence-electron chi connectivity index (χ2n) is 3.65. The monoisotopic (exact) mass is 187 g/mol. The third-order valence-electron chi connectivity index (χ3n) is 2.79. The van der Waals surface area contributed by atoms with Gasteiger partial charge in [0.1, 0.15) is 6.04 Å². The van der Waals surface area contributed by atoms with Crippen LogP contribution in [0.3, 0.4) is 0 Å². The van der Waals surface area contributed by atoms with Gasteiger partial charge in [0.05, 0.1) is 6.10 Å². The Labute approximate surface area is 78.1 Å². The van der Waals surface area contributed by atoms with Crippen molar-refractivity contribution in [3.63, 3.8) is 0 Å². The zero-order valence-corrected chi connectivity index (χ0v) is 7.90. The summed E-state index contributed by atoms with van der Waals surface area (Å²) in [6.45, 7) is 0. The van der Waals surface area contributed by atoms with Crippen molar-refractivity contribution in [2.75, 3.05) is 7.11 Å². The van der Waals surface area contributed by atoms with Crippen LogP contribution in [0, 0.1) is 5.92 Å². The first-order valence-electron chi connectivity index (χ1n) is 4.66. The van der Waals surface area contributed by atoms with E-state index in [0.29, 0.717) is 0 Å². The Hall–Kier alpha value is -0.610. The number of carbonyl (C=O) groups is 1. The molecule has 3 N–H and O–H groups in total. The Balaban J connectivity index is 2.46. The molecule has 0 aromatic rings. The number of methoxy groups -OCH3 is 1. The molecule has 0 amide bonds. The summed E-state index contributed by atoms with van der Waals surface area (Å²) in [7, 11) is 1.67. The van der Waals surface area contributed by atoms with Gasteiger partial charge >= 0.3 is 5.97 Å². The largest absolute Gasteiger partial charge is 0.480 e. The summed E-state index contributed by atoms with van der Waals surface area (Å²) < 4.78 is 5.20. The van der Waals surface area contributed by atoms with E-state index in [1.54, 1.807) is 7.11 Å². The molecule has 0 aliphatic heterocycles. The smallest absolute Gasteiger partial charge is 0.320 e. The van der Waals surface area contributed by atoms with Crippen LogP contribution in [0.1, 0.15) is 25.7 Å². The van der Waals surface area contributed by atoms with Crippen LogP contribution < -0.4 is 5.73 Å². The first-order chi connectivity index (χ1) is 6.15. The van der Waals surface area contributed by atoms with Gasteiger partial charge in [-0.1, -0.05) is 6.42 Å². The first kappa shape index (κ1) is 10.5. The van der Waals surface area contributed by atoms with Crippen molar-refractivity contribution < 1.29 is 14.6 Å². The number of carboxylic acids is 1. The number of ether oxygens (including phenoxy) is 1. The molecule has 4 nitrogen and oxygen atoms in total. The van der Waals surface area contributed by atoms with Gasteiger partial charge in [-0.05, 0) is 25.2 Å². The molecule has 1 rings (SSSR count). The lowest BCUT2D eigenvalue weighted by Crippen LogP contribution is -2.41. The zero-order valence-electron chi connectivity index (χ0n) is 7.90. The Kier molecular flexibility index (Phi) is 3.69. The fraction of sp³-hybridized carbons (Fsp3) is 0.889. The van der Waals surface area contributed by atoms with Crippen LogP contribution in [0.5, 0.6) is 0 Å². The number of hydrogen-bond donors (Lipinski definition) is 2. The van der Waals surface area contributed by atoms with Gasteiger partial charge in [-0.3, -0.25) is 4.79 Å². The van der Waals surface area contributed by atoms with Gasteiger partial charge in [0.2, 0.25) is 0 Å². The van der Waals surface area contributed by atoms with Crippen LogP contribution in [0.2, 0.25) is 0 Å². The highest BCUT2D eigenvalue weighted by molar-refractivity contribution is 5.73. The summed E-state index contributed by atoms with van der Waals surface area (Å²) in [4.78, 5) is 10.6. The van der Waals surface area contributed by atoms with Crippen molar-refractivity contribution in [1.29, 1.82) is 0 Å². The second-order valence-corrected chi connectivity index (χ2v) is 3.65. The van der Waals surface area contributed by atoms with E-state index in [0.717, 1.165) is 25.7 Å². The SMILES string of the molecule is COC1CCCC([C@H](N)C(=O)O)C1. The van der Waals surface area contributed by atoms with Crippen molar-refractivity contribution in [2.45, 2.75) is 37.8 Å². The van der Waals surface area contributed by atoms with Crippen molar-refractivity contribution in [3.8, 4) is 0 Å². The van der Waals surface area contributed by atoms with Crippen LogP contribution in [0.25, 0.3) is 0 Å². The van der Waals surface area contributed by atoms with Crippen LogP contribution in [-0.2, 0) is 9.53 Å². The summed E-state index contributed by atoms with van der Waals surface area (Å²) in [6.07, 6.45) is 3.94. The van der Waals surface area contributed by atoms with Gasteiger partial charge in [0.15, 0.2) is 0 Å². The van der Waals surface area contributed by atoms with E-state index < -0.39 is 12.0 Å². The van der Waals surface area contributed by atoms with Crippen molar-refractivity contribution >= 4 is 5.97 Å². The van der Waals surface area contributed by atoms with Crippen LogP contribution in [-0.4, -0.2) is 30.3 Å². The van der Waals surface area contributed by atoms with E-state index >= 15 is 0 Å². The number of rotatable bonds is 3. The maximum atomic E-state index is 10.6. The highest BCUT2D eigenvalue weighted by Crippen LogP contribution is 2.27. The molecule has 0 saturated heterocycles. The number of carboxylic acid groups (broad SMARTS) is 1. The minimum atomic E-state index is -0.901. The molecule has 1 fully saturated rings. The second kappa shape index (κ2) is 4.58. The minimum absolute atomic E-state index is 0.0798. The average molecular weight is 187 g/mol. The fourth-order valence-corrected chi connectivity index (χ4v) is 1.92. The standard InChI is InChI=1S/C9H17NO3/c1-13-7-4-2-3-6(5-7)8(10)9(11)12/h6-8H,2-5,10H2,1H3,(H,11,12)/t6?,7?,8-/m0/s1. The highest BCUT2D eigenvalue weighted by Gasteiger charge is 2.29. The molecule has 0 radical (unpaired) electrons. The third-order valence-corrected chi connectivity index (χ3v) is 2.79. The molecule has 1 aliphatic rings. The topological polar surface area (TPSA) is 72.5 Å². The maximum Gasteiger partial charge on any atom is 0.320 e. The van der Waals surface area contributed by atoms with Gasteiger partial charge in [0, 0.05) is 7.11 Å².